The van der Waals surface area contributed by atoms with E-state index in [4.69, 9.17) is 4.74 Å². The summed E-state index contributed by atoms with van der Waals surface area (Å²) in [7, 11) is 0. The Morgan fingerprint density at radius 1 is 1.35 bits per heavy atom. The van der Waals surface area contributed by atoms with E-state index in [1.54, 1.807) is 18.2 Å². The molecule has 3 heterocycles. The summed E-state index contributed by atoms with van der Waals surface area (Å²) >= 11 is 0. The van der Waals surface area contributed by atoms with Gasteiger partial charge in [0.2, 0.25) is 5.82 Å². The maximum Gasteiger partial charge on any atom is 0.376 e. The molecule has 0 saturated carbocycles. The SMILES string of the molecule is O=c1c([N+](=O)[O-])c(NCCN2CCOCC2)nc2ccccn12. The molecule has 0 atom stereocenters. The number of rotatable bonds is 5. The Kier molecular flexibility index (Phi) is 4.49. The number of hydrogen-bond acceptors (Lipinski definition) is 7. The monoisotopic (exact) mass is 319 g/mol. The zero-order chi connectivity index (χ0) is 16.2. The molecule has 9 nitrogen and oxygen atoms in total. The van der Waals surface area contributed by atoms with Crippen LogP contribution in [-0.2, 0) is 4.74 Å². The predicted octanol–water partition coefficient (Wildman–Crippen LogP) is 0.347. The molecule has 0 unspecified atom stereocenters. The Morgan fingerprint density at radius 2 is 2.13 bits per heavy atom. The lowest BCUT2D eigenvalue weighted by atomic mass is 10.4. The third-order valence-corrected chi connectivity index (χ3v) is 3.72. The molecule has 1 N–H and O–H groups in total. The minimum atomic E-state index is -0.689. The summed E-state index contributed by atoms with van der Waals surface area (Å²) in [5.74, 6) is 0.0134. The van der Waals surface area contributed by atoms with E-state index < -0.39 is 16.2 Å². The van der Waals surface area contributed by atoms with E-state index in [0.29, 0.717) is 32.0 Å². The number of nitrogens with zero attached hydrogens (tertiary/aromatic N) is 4. The van der Waals surface area contributed by atoms with Crippen molar-refractivity contribution in [3.63, 3.8) is 0 Å². The van der Waals surface area contributed by atoms with Crippen LogP contribution in [0.5, 0.6) is 0 Å². The minimum absolute atomic E-state index is 0.0134. The third kappa shape index (κ3) is 3.30. The van der Waals surface area contributed by atoms with Crippen LogP contribution in [-0.4, -0.2) is 58.6 Å². The van der Waals surface area contributed by atoms with Crippen LogP contribution in [0.4, 0.5) is 11.5 Å². The summed E-state index contributed by atoms with van der Waals surface area (Å²) < 4.78 is 6.44. The van der Waals surface area contributed by atoms with Crippen LogP contribution in [0.15, 0.2) is 29.2 Å². The Labute approximate surface area is 131 Å². The van der Waals surface area contributed by atoms with Crippen LogP contribution >= 0.6 is 0 Å². The zero-order valence-corrected chi connectivity index (χ0v) is 12.5. The van der Waals surface area contributed by atoms with Gasteiger partial charge >= 0.3 is 11.2 Å². The molecule has 0 radical (unpaired) electrons. The maximum absolute atomic E-state index is 12.3. The topological polar surface area (TPSA) is 102 Å². The second-order valence-electron chi connectivity index (χ2n) is 5.18. The highest BCUT2D eigenvalue weighted by atomic mass is 16.6. The van der Waals surface area contributed by atoms with Gasteiger partial charge in [-0.25, -0.2) is 4.98 Å². The van der Waals surface area contributed by atoms with E-state index in [1.807, 2.05) is 0 Å². The van der Waals surface area contributed by atoms with Crippen LogP contribution in [0.2, 0.25) is 0 Å². The van der Waals surface area contributed by atoms with Gasteiger partial charge in [0.05, 0.1) is 18.1 Å². The highest BCUT2D eigenvalue weighted by molar-refractivity contribution is 5.59. The quantitative estimate of drug-likeness (QED) is 0.626. The summed E-state index contributed by atoms with van der Waals surface area (Å²) in [6.07, 6.45) is 1.47. The molecule has 1 saturated heterocycles. The standard InChI is InChI=1S/C14H17N5O4/c20-14-12(19(21)22)13(16-11-3-1-2-5-18(11)14)15-4-6-17-7-9-23-10-8-17/h1-3,5,15H,4,6-10H2. The number of nitro groups is 1. The van der Waals surface area contributed by atoms with Crippen molar-refractivity contribution in [2.45, 2.75) is 0 Å². The van der Waals surface area contributed by atoms with Crippen LogP contribution in [0, 0.1) is 10.1 Å². The molecule has 1 fully saturated rings. The Morgan fingerprint density at radius 3 is 2.87 bits per heavy atom. The molecule has 0 amide bonds. The van der Waals surface area contributed by atoms with Gasteiger partial charge in [0, 0.05) is 32.4 Å². The van der Waals surface area contributed by atoms with Crippen molar-refractivity contribution >= 4 is 17.2 Å². The third-order valence-electron chi connectivity index (χ3n) is 3.72. The molecule has 23 heavy (non-hydrogen) atoms. The molecule has 2 aromatic rings. The highest BCUT2D eigenvalue weighted by Crippen LogP contribution is 2.17. The van der Waals surface area contributed by atoms with Gasteiger partial charge in [-0.15, -0.1) is 0 Å². The van der Waals surface area contributed by atoms with E-state index in [0.717, 1.165) is 13.1 Å². The molecule has 0 aromatic carbocycles. The van der Waals surface area contributed by atoms with Gasteiger partial charge < -0.3 is 10.1 Å². The van der Waals surface area contributed by atoms with Crippen molar-refractivity contribution in [1.82, 2.24) is 14.3 Å². The zero-order valence-electron chi connectivity index (χ0n) is 12.5. The first-order valence-corrected chi connectivity index (χ1v) is 7.36. The van der Waals surface area contributed by atoms with Crippen molar-refractivity contribution in [2.24, 2.45) is 0 Å². The van der Waals surface area contributed by atoms with Gasteiger partial charge in [0.1, 0.15) is 5.65 Å². The van der Waals surface area contributed by atoms with Gasteiger partial charge in [-0.2, -0.15) is 0 Å². The van der Waals surface area contributed by atoms with Crippen molar-refractivity contribution in [3.8, 4) is 0 Å². The summed E-state index contributed by atoms with van der Waals surface area (Å²) in [4.78, 5) is 29.2. The Hall–Kier alpha value is -2.52. The maximum atomic E-state index is 12.3. The summed E-state index contributed by atoms with van der Waals surface area (Å²) in [6, 6.07) is 4.99. The highest BCUT2D eigenvalue weighted by Gasteiger charge is 2.23. The van der Waals surface area contributed by atoms with Crippen LogP contribution < -0.4 is 10.9 Å². The number of nitrogens with one attached hydrogen (secondary N) is 1. The average molecular weight is 319 g/mol. The molecular formula is C14H17N5O4. The minimum Gasteiger partial charge on any atom is -0.379 e. The number of fused-ring (bicyclic) bond motifs is 1. The molecule has 1 aliphatic heterocycles. The second-order valence-corrected chi connectivity index (χ2v) is 5.18. The molecule has 1 aliphatic rings. The molecule has 0 spiro atoms. The molecule has 0 aliphatic carbocycles. The van der Waals surface area contributed by atoms with Crippen molar-refractivity contribution < 1.29 is 9.66 Å². The Bertz CT molecular complexity index is 769. The first-order chi connectivity index (χ1) is 11.2. The van der Waals surface area contributed by atoms with E-state index >= 15 is 0 Å². The lowest BCUT2D eigenvalue weighted by molar-refractivity contribution is -0.385. The number of aromatic nitrogens is 2. The lowest BCUT2D eigenvalue weighted by Crippen LogP contribution is -2.39. The predicted molar refractivity (Wildman–Crippen MR) is 83.9 cm³/mol. The smallest absolute Gasteiger partial charge is 0.376 e. The van der Waals surface area contributed by atoms with Crippen LogP contribution in [0.3, 0.4) is 0 Å². The molecule has 3 rings (SSSR count). The fraction of sp³-hybridized carbons (Fsp3) is 0.429. The number of hydrogen-bond donors (Lipinski definition) is 1. The summed E-state index contributed by atoms with van der Waals surface area (Å²) in [5.41, 5.74) is -0.845. The van der Waals surface area contributed by atoms with Crippen molar-refractivity contribution in [1.29, 1.82) is 0 Å². The van der Waals surface area contributed by atoms with E-state index in [9.17, 15) is 14.9 Å². The van der Waals surface area contributed by atoms with Crippen LogP contribution in [0.1, 0.15) is 0 Å². The molecular weight excluding hydrogens is 302 g/mol. The molecule has 2 aromatic heterocycles. The molecule has 122 valence electrons. The molecule has 0 bridgehead atoms. The van der Waals surface area contributed by atoms with E-state index in [1.165, 1.54) is 10.6 Å². The summed E-state index contributed by atoms with van der Waals surface area (Å²) in [6.45, 7) is 4.22. The lowest BCUT2D eigenvalue weighted by Gasteiger charge is -2.26. The van der Waals surface area contributed by atoms with E-state index in [-0.39, 0.29) is 5.82 Å². The van der Waals surface area contributed by atoms with Gasteiger partial charge in [-0.1, -0.05) is 6.07 Å². The second kappa shape index (κ2) is 6.71. The van der Waals surface area contributed by atoms with Crippen LogP contribution in [0.25, 0.3) is 5.65 Å². The van der Waals surface area contributed by atoms with E-state index in [2.05, 4.69) is 15.2 Å². The fourth-order valence-electron chi connectivity index (χ4n) is 2.52. The van der Waals surface area contributed by atoms with Gasteiger partial charge in [0.25, 0.3) is 0 Å². The number of morpholine rings is 1. The fourth-order valence-corrected chi connectivity index (χ4v) is 2.52. The summed E-state index contributed by atoms with van der Waals surface area (Å²) in [5, 5.41) is 14.2. The van der Waals surface area contributed by atoms with Gasteiger partial charge in [-0.05, 0) is 12.1 Å². The number of ether oxygens (including phenoxy) is 1. The Balaban J connectivity index is 1.82. The number of pyridine rings is 1. The normalized spacial score (nSPS) is 15.7. The number of anilines is 1. The first-order valence-electron chi connectivity index (χ1n) is 7.36. The molecule has 9 heteroatoms. The average Bonchev–Trinajstić information content (AvgIpc) is 2.55. The van der Waals surface area contributed by atoms with Crippen molar-refractivity contribution in [2.75, 3.05) is 44.7 Å². The van der Waals surface area contributed by atoms with Gasteiger partial charge in [-0.3, -0.25) is 24.2 Å². The largest absolute Gasteiger partial charge is 0.379 e. The first kappa shape index (κ1) is 15.4. The van der Waals surface area contributed by atoms with Gasteiger partial charge in [0.15, 0.2) is 0 Å². The van der Waals surface area contributed by atoms with Crippen molar-refractivity contribution in [3.05, 3.63) is 44.9 Å².